The highest BCUT2D eigenvalue weighted by molar-refractivity contribution is 7.89. The second kappa shape index (κ2) is 8.57. The molecule has 1 aromatic carbocycles. The molecule has 8 nitrogen and oxygen atoms in total. The molecule has 9 heteroatoms. The summed E-state index contributed by atoms with van der Waals surface area (Å²) >= 11 is 0. The number of nitrogens with zero attached hydrogens (tertiary/aromatic N) is 2. The van der Waals surface area contributed by atoms with E-state index in [-0.39, 0.29) is 16.9 Å². The fraction of sp³-hybridized carbons (Fsp3) is 0.368. The van der Waals surface area contributed by atoms with Crippen LogP contribution in [0.1, 0.15) is 19.8 Å². The van der Waals surface area contributed by atoms with Gasteiger partial charge >= 0.3 is 0 Å². The zero-order valence-electron chi connectivity index (χ0n) is 15.8. The number of anilines is 1. The van der Waals surface area contributed by atoms with Gasteiger partial charge in [-0.05, 0) is 43.2 Å². The molecule has 1 aliphatic rings. The number of piperidine rings is 1. The van der Waals surface area contributed by atoms with Crippen LogP contribution in [0.3, 0.4) is 0 Å². The fourth-order valence-corrected chi connectivity index (χ4v) is 4.45. The Kier molecular flexibility index (Phi) is 6.15. The molecule has 1 aromatic heterocycles. The molecule has 3 rings (SSSR count). The molecular formula is C19H23N3O5S. The monoisotopic (exact) mass is 405 g/mol. The molecule has 0 aliphatic carbocycles. The summed E-state index contributed by atoms with van der Waals surface area (Å²) in [5, 5.41) is 2.64. The van der Waals surface area contributed by atoms with Crippen molar-refractivity contribution in [3.05, 3.63) is 42.6 Å². The smallest absolute Gasteiger partial charge is 0.243 e. The van der Waals surface area contributed by atoms with Gasteiger partial charge in [0.1, 0.15) is 11.9 Å². The van der Waals surface area contributed by atoms with Crippen LogP contribution in [0.25, 0.3) is 0 Å². The fourth-order valence-electron chi connectivity index (χ4n) is 2.99. The Morgan fingerprint density at radius 2 is 1.82 bits per heavy atom. The maximum absolute atomic E-state index is 12.8. The number of benzene rings is 1. The first-order valence-corrected chi connectivity index (χ1v) is 10.4. The molecule has 2 aromatic rings. The molecule has 1 saturated heterocycles. The van der Waals surface area contributed by atoms with Gasteiger partial charge in [0, 0.05) is 26.1 Å². The summed E-state index contributed by atoms with van der Waals surface area (Å²) in [6.45, 7) is 2.18. The lowest BCUT2D eigenvalue weighted by atomic mass is 10.1. The number of nitrogens with one attached hydrogen (secondary N) is 1. The third kappa shape index (κ3) is 4.79. The maximum Gasteiger partial charge on any atom is 0.243 e. The highest BCUT2D eigenvalue weighted by atomic mass is 32.2. The first-order chi connectivity index (χ1) is 13.4. The van der Waals surface area contributed by atoms with Gasteiger partial charge < -0.3 is 14.8 Å². The lowest BCUT2D eigenvalue weighted by Crippen LogP contribution is -2.41. The van der Waals surface area contributed by atoms with Gasteiger partial charge in [-0.1, -0.05) is 0 Å². The van der Waals surface area contributed by atoms with Crippen molar-refractivity contribution < 1.29 is 22.7 Å². The van der Waals surface area contributed by atoms with Crippen LogP contribution in [0.15, 0.2) is 47.5 Å². The van der Waals surface area contributed by atoms with Gasteiger partial charge in [0.05, 0.1) is 23.9 Å². The molecule has 2 heterocycles. The number of hydrogen-bond donors (Lipinski definition) is 1. The van der Waals surface area contributed by atoms with Crippen LogP contribution in [0, 0.1) is 0 Å². The predicted octanol–water partition coefficient (Wildman–Crippen LogP) is 2.28. The van der Waals surface area contributed by atoms with E-state index in [4.69, 9.17) is 9.47 Å². The number of aromatic nitrogens is 1. The van der Waals surface area contributed by atoms with Gasteiger partial charge in [0.2, 0.25) is 21.8 Å². The third-order valence-corrected chi connectivity index (χ3v) is 6.36. The molecule has 0 unspecified atom stereocenters. The molecule has 150 valence electrons. The van der Waals surface area contributed by atoms with Crippen molar-refractivity contribution in [1.29, 1.82) is 0 Å². The number of rotatable bonds is 6. The van der Waals surface area contributed by atoms with Crippen molar-refractivity contribution in [2.75, 3.05) is 25.5 Å². The Labute approximate surface area is 164 Å². The van der Waals surface area contributed by atoms with E-state index in [0.717, 1.165) is 0 Å². The summed E-state index contributed by atoms with van der Waals surface area (Å²) in [5.74, 6) is 0.898. The lowest BCUT2D eigenvalue weighted by molar-refractivity contribution is -0.114. The number of ether oxygens (including phenoxy) is 2. The van der Waals surface area contributed by atoms with E-state index >= 15 is 0 Å². The van der Waals surface area contributed by atoms with Crippen LogP contribution in [0.4, 0.5) is 5.69 Å². The Bertz CT molecular complexity index is 906. The van der Waals surface area contributed by atoms with E-state index in [1.165, 1.54) is 24.5 Å². The van der Waals surface area contributed by atoms with Crippen LogP contribution in [0.2, 0.25) is 0 Å². The van der Waals surface area contributed by atoms with Gasteiger partial charge in [-0.3, -0.25) is 4.79 Å². The Hall–Kier alpha value is -2.65. The minimum Gasteiger partial charge on any atom is -0.497 e. The zero-order valence-corrected chi connectivity index (χ0v) is 16.6. The quantitative estimate of drug-likeness (QED) is 0.792. The van der Waals surface area contributed by atoms with Crippen molar-refractivity contribution in [3.63, 3.8) is 0 Å². The average molecular weight is 405 g/mol. The number of methoxy groups -OCH3 is 1. The summed E-state index contributed by atoms with van der Waals surface area (Å²) in [4.78, 5) is 15.5. The average Bonchev–Trinajstić information content (AvgIpc) is 2.69. The van der Waals surface area contributed by atoms with E-state index in [0.29, 0.717) is 43.2 Å². The second-order valence-corrected chi connectivity index (χ2v) is 8.40. The molecule has 0 atom stereocenters. The molecule has 1 N–H and O–H groups in total. The number of carbonyl (C=O) groups excluding carboxylic acids is 1. The maximum atomic E-state index is 12.8. The lowest BCUT2D eigenvalue weighted by Gasteiger charge is -2.31. The zero-order chi connectivity index (χ0) is 20.1. The van der Waals surface area contributed by atoms with Crippen LogP contribution < -0.4 is 14.8 Å². The number of amides is 1. The van der Waals surface area contributed by atoms with E-state index < -0.39 is 10.0 Å². The van der Waals surface area contributed by atoms with E-state index in [2.05, 4.69) is 10.3 Å². The van der Waals surface area contributed by atoms with Gasteiger partial charge in [0.15, 0.2) is 0 Å². The number of pyridine rings is 1. The normalized spacial score (nSPS) is 15.8. The molecule has 0 saturated carbocycles. The third-order valence-electron chi connectivity index (χ3n) is 4.44. The minimum absolute atomic E-state index is 0.110. The molecule has 1 aliphatic heterocycles. The Morgan fingerprint density at radius 1 is 1.14 bits per heavy atom. The predicted molar refractivity (Wildman–Crippen MR) is 104 cm³/mol. The van der Waals surface area contributed by atoms with E-state index in [1.807, 2.05) is 0 Å². The highest BCUT2D eigenvalue weighted by Gasteiger charge is 2.30. The van der Waals surface area contributed by atoms with Crippen molar-refractivity contribution in [3.8, 4) is 11.6 Å². The number of hydrogen-bond acceptors (Lipinski definition) is 6. The summed E-state index contributed by atoms with van der Waals surface area (Å²) < 4.78 is 37.9. The topological polar surface area (TPSA) is 97.8 Å². The van der Waals surface area contributed by atoms with Crippen molar-refractivity contribution in [2.24, 2.45) is 0 Å². The largest absolute Gasteiger partial charge is 0.497 e. The summed E-state index contributed by atoms with van der Waals surface area (Å²) in [6.07, 6.45) is 2.57. The molecule has 0 spiro atoms. The highest BCUT2D eigenvalue weighted by Crippen LogP contribution is 2.24. The second-order valence-electron chi connectivity index (χ2n) is 6.46. The summed E-state index contributed by atoms with van der Waals surface area (Å²) in [6, 6.07) is 9.78. The Morgan fingerprint density at radius 3 is 2.36 bits per heavy atom. The van der Waals surface area contributed by atoms with Gasteiger partial charge in [-0.15, -0.1) is 0 Å². The first kappa shape index (κ1) is 20.1. The van der Waals surface area contributed by atoms with Gasteiger partial charge in [0.25, 0.3) is 0 Å². The van der Waals surface area contributed by atoms with Crippen LogP contribution in [-0.2, 0) is 14.8 Å². The van der Waals surface area contributed by atoms with Crippen LogP contribution in [0.5, 0.6) is 11.6 Å². The standard InChI is InChI=1S/C19H23N3O5S/c1-14(23)21-15-3-8-19(20-13-15)27-17-9-11-22(12-10-17)28(24,25)18-6-4-16(26-2)5-7-18/h3-8,13,17H,9-12H2,1-2H3,(H,21,23). The molecule has 28 heavy (non-hydrogen) atoms. The SMILES string of the molecule is COc1ccc(S(=O)(=O)N2CCC(Oc3ccc(NC(C)=O)cn3)CC2)cc1. The van der Waals surface area contributed by atoms with E-state index in [9.17, 15) is 13.2 Å². The number of sulfonamides is 1. The number of carbonyl (C=O) groups is 1. The molecule has 1 fully saturated rings. The van der Waals surface area contributed by atoms with Crippen LogP contribution in [-0.4, -0.2) is 49.9 Å². The van der Waals surface area contributed by atoms with Crippen molar-refractivity contribution in [1.82, 2.24) is 9.29 Å². The van der Waals surface area contributed by atoms with E-state index in [1.54, 1.807) is 36.4 Å². The van der Waals surface area contributed by atoms with Gasteiger partial charge in [-0.25, -0.2) is 13.4 Å². The van der Waals surface area contributed by atoms with Crippen molar-refractivity contribution >= 4 is 21.6 Å². The summed E-state index contributed by atoms with van der Waals surface area (Å²) in [5.41, 5.74) is 0.597. The van der Waals surface area contributed by atoms with Crippen LogP contribution >= 0.6 is 0 Å². The summed E-state index contributed by atoms with van der Waals surface area (Å²) in [7, 11) is -2.00. The van der Waals surface area contributed by atoms with Gasteiger partial charge in [-0.2, -0.15) is 4.31 Å². The molecule has 1 amide bonds. The minimum atomic E-state index is -3.53. The molecular weight excluding hydrogens is 382 g/mol. The molecule has 0 radical (unpaired) electrons. The Balaban J connectivity index is 1.57. The molecule has 0 bridgehead atoms. The van der Waals surface area contributed by atoms with Crippen molar-refractivity contribution in [2.45, 2.75) is 30.8 Å². The first-order valence-electron chi connectivity index (χ1n) is 8.93.